The zero-order valence-corrected chi connectivity index (χ0v) is 12.1. The number of carbonyl (C=O) groups excluding carboxylic acids is 1. The smallest absolute Gasteiger partial charge is 0.303 e. The van der Waals surface area contributed by atoms with Gasteiger partial charge < -0.3 is 10.4 Å². The standard InChI is InChI=1S/C15H18N4O3/c20-14(3-1-2-4-15(21)22)18-13-7-5-12(6-8-13)9-19-11-16-10-17-19/h5-8,10-11H,1-4,9H2,(H,18,20)(H,21,22). The summed E-state index contributed by atoms with van der Waals surface area (Å²) in [6, 6.07) is 7.51. The van der Waals surface area contributed by atoms with Crippen LogP contribution in [-0.4, -0.2) is 31.7 Å². The van der Waals surface area contributed by atoms with Crippen LogP contribution >= 0.6 is 0 Å². The lowest BCUT2D eigenvalue weighted by molar-refractivity contribution is -0.137. The quantitative estimate of drug-likeness (QED) is 0.726. The average Bonchev–Trinajstić information content (AvgIpc) is 2.98. The Balaban J connectivity index is 1.75. The van der Waals surface area contributed by atoms with Gasteiger partial charge in [0.25, 0.3) is 0 Å². The summed E-state index contributed by atoms with van der Waals surface area (Å²) < 4.78 is 1.72. The van der Waals surface area contributed by atoms with E-state index in [0.717, 1.165) is 11.3 Å². The topological polar surface area (TPSA) is 97.1 Å². The summed E-state index contributed by atoms with van der Waals surface area (Å²) in [4.78, 5) is 26.0. The molecule has 7 nitrogen and oxygen atoms in total. The Morgan fingerprint density at radius 2 is 1.86 bits per heavy atom. The molecule has 0 bridgehead atoms. The predicted octanol–water partition coefficient (Wildman–Crippen LogP) is 1.91. The maximum Gasteiger partial charge on any atom is 0.303 e. The van der Waals surface area contributed by atoms with Crippen LogP contribution in [0.1, 0.15) is 31.2 Å². The van der Waals surface area contributed by atoms with Crippen LogP contribution in [0.25, 0.3) is 0 Å². The van der Waals surface area contributed by atoms with Crippen LogP contribution in [0.3, 0.4) is 0 Å². The second-order valence-electron chi connectivity index (χ2n) is 4.94. The number of benzene rings is 1. The fraction of sp³-hybridized carbons (Fsp3) is 0.333. The molecule has 2 aromatic rings. The molecule has 1 amide bonds. The van der Waals surface area contributed by atoms with Gasteiger partial charge in [-0.05, 0) is 30.5 Å². The molecule has 2 N–H and O–H groups in total. The number of carboxylic acids is 1. The summed E-state index contributed by atoms with van der Waals surface area (Å²) in [6.45, 7) is 0.628. The first-order valence-corrected chi connectivity index (χ1v) is 7.06. The van der Waals surface area contributed by atoms with Gasteiger partial charge in [-0.3, -0.25) is 9.59 Å². The number of amides is 1. The number of aromatic nitrogens is 3. The van der Waals surface area contributed by atoms with Gasteiger partial charge in [0.15, 0.2) is 0 Å². The summed E-state index contributed by atoms with van der Waals surface area (Å²) in [6.07, 6.45) is 4.64. The highest BCUT2D eigenvalue weighted by molar-refractivity contribution is 5.90. The highest BCUT2D eigenvalue weighted by Crippen LogP contribution is 2.11. The Kier molecular flexibility index (Phi) is 5.65. The Morgan fingerprint density at radius 3 is 2.50 bits per heavy atom. The van der Waals surface area contributed by atoms with E-state index < -0.39 is 5.97 Å². The molecule has 0 aliphatic carbocycles. The van der Waals surface area contributed by atoms with Crippen LogP contribution in [0.15, 0.2) is 36.9 Å². The zero-order valence-electron chi connectivity index (χ0n) is 12.1. The highest BCUT2D eigenvalue weighted by Gasteiger charge is 2.04. The van der Waals surface area contributed by atoms with Gasteiger partial charge in [-0.15, -0.1) is 0 Å². The maximum absolute atomic E-state index is 11.7. The molecule has 116 valence electrons. The molecule has 1 heterocycles. The van der Waals surface area contributed by atoms with Crippen molar-refractivity contribution in [3.05, 3.63) is 42.5 Å². The number of nitrogens with one attached hydrogen (secondary N) is 1. The number of hydrogen-bond donors (Lipinski definition) is 2. The molecule has 0 saturated carbocycles. The molecule has 0 unspecified atom stereocenters. The maximum atomic E-state index is 11.7. The molecule has 0 radical (unpaired) electrons. The minimum atomic E-state index is -0.830. The van der Waals surface area contributed by atoms with Crippen LogP contribution in [0.5, 0.6) is 0 Å². The average molecular weight is 302 g/mol. The molecule has 0 atom stereocenters. The second kappa shape index (κ2) is 7.92. The Bertz CT molecular complexity index is 608. The summed E-state index contributed by atoms with van der Waals surface area (Å²) in [7, 11) is 0. The molecule has 1 aromatic carbocycles. The van der Waals surface area contributed by atoms with Crippen LogP contribution in [0, 0.1) is 0 Å². The van der Waals surface area contributed by atoms with Crippen LogP contribution in [0.4, 0.5) is 5.69 Å². The molecular formula is C15H18N4O3. The molecule has 1 aromatic heterocycles. The van der Waals surface area contributed by atoms with E-state index in [1.54, 1.807) is 11.0 Å². The van der Waals surface area contributed by atoms with E-state index in [1.807, 2.05) is 24.3 Å². The number of rotatable bonds is 8. The fourth-order valence-electron chi connectivity index (χ4n) is 1.98. The van der Waals surface area contributed by atoms with E-state index in [-0.39, 0.29) is 12.3 Å². The summed E-state index contributed by atoms with van der Waals surface area (Å²) in [5.41, 5.74) is 1.79. The molecule has 22 heavy (non-hydrogen) atoms. The number of nitrogens with zero attached hydrogens (tertiary/aromatic N) is 3. The summed E-state index contributed by atoms with van der Waals surface area (Å²) in [5, 5.41) is 15.3. The first-order valence-electron chi connectivity index (χ1n) is 7.06. The summed E-state index contributed by atoms with van der Waals surface area (Å²) in [5.74, 6) is -0.933. The van der Waals surface area contributed by atoms with Crippen molar-refractivity contribution in [2.75, 3.05) is 5.32 Å². The predicted molar refractivity (Wildman–Crippen MR) is 80.3 cm³/mol. The van der Waals surface area contributed by atoms with Gasteiger partial charge in [-0.1, -0.05) is 12.1 Å². The van der Waals surface area contributed by atoms with Crippen molar-refractivity contribution in [2.45, 2.75) is 32.2 Å². The van der Waals surface area contributed by atoms with E-state index in [4.69, 9.17) is 5.11 Å². The van der Waals surface area contributed by atoms with E-state index >= 15 is 0 Å². The van der Waals surface area contributed by atoms with Crippen molar-refractivity contribution >= 4 is 17.6 Å². The number of carbonyl (C=O) groups is 2. The van der Waals surface area contributed by atoms with Gasteiger partial charge in [0.2, 0.25) is 5.91 Å². The van der Waals surface area contributed by atoms with Crippen LogP contribution in [-0.2, 0) is 16.1 Å². The first kappa shape index (κ1) is 15.7. The second-order valence-corrected chi connectivity index (χ2v) is 4.94. The van der Waals surface area contributed by atoms with E-state index in [0.29, 0.717) is 25.8 Å². The van der Waals surface area contributed by atoms with Gasteiger partial charge >= 0.3 is 5.97 Å². The number of anilines is 1. The van der Waals surface area contributed by atoms with Gasteiger partial charge in [0.1, 0.15) is 12.7 Å². The minimum Gasteiger partial charge on any atom is -0.481 e. The minimum absolute atomic E-state index is 0.101. The van der Waals surface area contributed by atoms with Gasteiger partial charge in [0.05, 0.1) is 6.54 Å². The lowest BCUT2D eigenvalue weighted by Gasteiger charge is -2.06. The molecule has 0 aliphatic rings. The lowest BCUT2D eigenvalue weighted by atomic mass is 10.1. The molecule has 0 fully saturated rings. The Hall–Kier alpha value is -2.70. The number of aliphatic carboxylic acids is 1. The number of hydrogen-bond acceptors (Lipinski definition) is 4. The van der Waals surface area contributed by atoms with Crippen molar-refractivity contribution in [1.82, 2.24) is 14.8 Å². The normalized spacial score (nSPS) is 10.4. The van der Waals surface area contributed by atoms with E-state index in [2.05, 4.69) is 15.4 Å². The molecule has 2 rings (SSSR count). The van der Waals surface area contributed by atoms with Crippen molar-refractivity contribution in [3.63, 3.8) is 0 Å². The van der Waals surface area contributed by atoms with Crippen LogP contribution < -0.4 is 5.32 Å². The molecule has 0 saturated heterocycles. The first-order chi connectivity index (χ1) is 10.6. The monoisotopic (exact) mass is 302 g/mol. The van der Waals surface area contributed by atoms with Gasteiger partial charge in [-0.2, -0.15) is 5.10 Å². The van der Waals surface area contributed by atoms with Gasteiger partial charge in [0, 0.05) is 18.5 Å². The van der Waals surface area contributed by atoms with Crippen molar-refractivity contribution < 1.29 is 14.7 Å². The Labute approximate surface area is 128 Å². The molecular weight excluding hydrogens is 284 g/mol. The SMILES string of the molecule is O=C(O)CCCCC(=O)Nc1ccc(Cn2cncn2)cc1. The molecule has 7 heteroatoms. The van der Waals surface area contributed by atoms with Crippen molar-refractivity contribution in [2.24, 2.45) is 0 Å². The lowest BCUT2D eigenvalue weighted by Crippen LogP contribution is -2.11. The van der Waals surface area contributed by atoms with E-state index in [9.17, 15) is 9.59 Å². The van der Waals surface area contributed by atoms with Crippen molar-refractivity contribution in [3.8, 4) is 0 Å². The van der Waals surface area contributed by atoms with E-state index in [1.165, 1.54) is 6.33 Å². The third-order valence-corrected chi connectivity index (χ3v) is 3.09. The zero-order chi connectivity index (χ0) is 15.8. The highest BCUT2D eigenvalue weighted by atomic mass is 16.4. The Morgan fingerprint density at radius 1 is 1.14 bits per heavy atom. The summed E-state index contributed by atoms with van der Waals surface area (Å²) >= 11 is 0. The molecule has 0 spiro atoms. The van der Waals surface area contributed by atoms with Crippen LogP contribution in [0.2, 0.25) is 0 Å². The largest absolute Gasteiger partial charge is 0.481 e. The third kappa shape index (κ3) is 5.35. The molecule has 0 aliphatic heterocycles. The number of unbranched alkanes of at least 4 members (excludes halogenated alkanes) is 1. The fourth-order valence-corrected chi connectivity index (χ4v) is 1.98. The van der Waals surface area contributed by atoms with Crippen molar-refractivity contribution in [1.29, 1.82) is 0 Å². The third-order valence-electron chi connectivity index (χ3n) is 3.09. The number of carboxylic acid groups (broad SMARTS) is 1. The van der Waals surface area contributed by atoms with Gasteiger partial charge in [-0.25, -0.2) is 9.67 Å².